The van der Waals surface area contributed by atoms with Crippen molar-refractivity contribution in [3.63, 3.8) is 0 Å². The number of aromatic nitrogens is 5. The van der Waals surface area contributed by atoms with Gasteiger partial charge in [0.25, 0.3) is 0 Å². The molecule has 2 fully saturated rings. The number of amides is 2. The second kappa shape index (κ2) is 15.0. The number of hydrogen-bond donors (Lipinski definition) is 5. The number of phenols is 1. The van der Waals surface area contributed by atoms with E-state index >= 15 is 0 Å². The minimum atomic E-state index is -1.16. The van der Waals surface area contributed by atoms with Crippen molar-refractivity contribution >= 4 is 22.7 Å². The average molecular weight is 800 g/mol. The van der Waals surface area contributed by atoms with Gasteiger partial charge in [0.15, 0.2) is 0 Å². The van der Waals surface area contributed by atoms with E-state index in [1.807, 2.05) is 69.0 Å². The van der Waals surface area contributed by atoms with E-state index in [0.717, 1.165) is 68.9 Å². The SMILES string of the molecule is CC(C)[C@H](N)C(=O)N1CCC[C@H]1c1ncc(-c2ccc3c(c2)OC(c2cccc(O)c2)n2c-3cc3cc(-c4cnc([C@@H]5CC(F)CN5C(=O)[C@@H](N)C(C)C)[nH]4)ccc32)[nH]1. The van der Waals surface area contributed by atoms with Crippen LogP contribution in [0.2, 0.25) is 0 Å². The van der Waals surface area contributed by atoms with Crippen molar-refractivity contribution in [2.75, 3.05) is 13.1 Å². The fourth-order valence-corrected chi connectivity index (χ4v) is 8.79. The maximum atomic E-state index is 14.8. The predicted octanol–water partition coefficient (Wildman–Crippen LogP) is 6.98. The third-order valence-electron chi connectivity index (χ3n) is 12.2. The van der Waals surface area contributed by atoms with Crippen LogP contribution in [0.25, 0.3) is 44.7 Å². The van der Waals surface area contributed by atoms with E-state index in [9.17, 15) is 19.1 Å². The Balaban J connectivity index is 1.05. The lowest BCUT2D eigenvalue weighted by atomic mass is 10.0. The van der Waals surface area contributed by atoms with E-state index in [1.165, 1.54) is 4.90 Å². The Bertz CT molecular complexity index is 2560. The molecule has 0 spiro atoms. The van der Waals surface area contributed by atoms with E-state index in [-0.39, 0.29) is 48.4 Å². The first kappa shape index (κ1) is 38.5. The molecule has 6 atom stereocenters. The Morgan fingerprint density at radius 2 is 1.51 bits per heavy atom. The fraction of sp³-hybridized carbons (Fsp3) is 0.378. The van der Waals surface area contributed by atoms with Gasteiger partial charge in [0, 0.05) is 40.6 Å². The van der Waals surface area contributed by atoms with Crippen LogP contribution in [-0.4, -0.2) is 82.6 Å². The van der Waals surface area contributed by atoms with Crippen LogP contribution in [0, 0.1) is 11.8 Å². The number of rotatable bonds is 9. The zero-order valence-corrected chi connectivity index (χ0v) is 33.6. The van der Waals surface area contributed by atoms with E-state index in [0.29, 0.717) is 18.1 Å². The molecule has 3 aromatic carbocycles. The number of carbonyl (C=O) groups is 2. The number of halogens is 1. The zero-order chi connectivity index (χ0) is 41.3. The molecular weight excluding hydrogens is 750 g/mol. The van der Waals surface area contributed by atoms with Crippen molar-refractivity contribution in [3.8, 4) is 45.3 Å². The lowest BCUT2D eigenvalue weighted by Crippen LogP contribution is -2.46. The highest BCUT2D eigenvalue weighted by atomic mass is 19.1. The Hall–Kier alpha value is -5.99. The number of fused-ring (bicyclic) bond motifs is 5. The Labute approximate surface area is 341 Å². The lowest BCUT2D eigenvalue weighted by Gasteiger charge is -2.30. The Kier molecular flexibility index (Phi) is 9.79. The molecule has 3 aliphatic rings. The van der Waals surface area contributed by atoms with Gasteiger partial charge < -0.3 is 45.6 Å². The summed E-state index contributed by atoms with van der Waals surface area (Å²) in [5.41, 5.74) is 19.3. The summed E-state index contributed by atoms with van der Waals surface area (Å²) in [5.74, 6) is 1.69. The van der Waals surface area contributed by atoms with Crippen LogP contribution in [0.1, 0.15) is 82.5 Å². The van der Waals surface area contributed by atoms with Gasteiger partial charge in [-0.05, 0) is 67.1 Å². The summed E-state index contributed by atoms with van der Waals surface area (Å²) in [6, 6.07) is 19.4. The van der Waals surface area contributed by atoms with E-state index in [1.54, 1.807) is 30.6 Å². The van der Waals surface area contributed by atoms with Gasteiger partial charge in [0.2, 0.25) is 18.0 Å². The summed E-state index contributed by atoms with van der Waals surface area (Å²) in [7, 11) is 0. The summed E-state index contributed by atoms with van der Waals surface area (Å²) in [5, 5.41) is 11.5. The van der Waals surface area contributed by atoms with Crippen LogP contribution in [0.3, 0.4) is 0 Å². The first-order valence-electron chi connectivity index (χ1n) is 20.5. The van der Waals surface area contributed by atoms with Crippen LogP contribution < -0.4 is 16.2 Å². The minimum absolute atomic E-state index is 0.00789. The highest BCUT2D eigenvalue weighted by molar-refractivity contribution is 5.92. The molecule has 7 N–H and O–H groups in total. The number of H-pyrrole nitrogens is 2. The monoisotopic (exact) mass is 799 g/mol. The van der Waals surface area contributed by atoms with Gasteiger partial charge in [-0.2, -0.15) is 0 Å². The highest BCUT2D eigenvalue weighted by Gasteiger charge is 2.40. The van der Waals surface area contributed by atoms with Crippen molar-refractivity contribution in [2.24, 2.45) is 23.3 Å². The molecule has 59 heavy (non-hydrogen) atoms. The molecule has 9 rings (SSSR count). The standard InChI is InChI=1S/C45H50FN9O4/c1-23(2)39(47)43(57)53-14-6-9-35(53)41-49-21-33(51-41)26-10-12-31-36-17-28-15-25(11-13-34(28)55(36)45(59-38(31)18-26)27-7-5-8-30(56)16-27)32-20-50-42(52-32)37-19-29(46)22-54(37)44(58)40(48)24(3)4/h5,7-8,10-13,15-18,20-21,23-24,29,35,37,39-40,45,56H,6,9,14,19,22,47-48H2,1-4H3,(H,49,51)(H,50,52)/t29?,35-,37-,39-,40-,45?/m0/s1. The van der Waals surface area contributed by atoms with Gasteiger partial charge in [-0.15, -0.1) is 0 Å². The molecule has 2 saturated heterocycles. The van der Waals surface area contributed by atoms with Crippen molar-refractivity contribution < 1.29 is 23.8 Å². The molecular formula is C45H50FN9O4. The second-order valence-corrected chi connectivity index (χ2v) is 16.9. The topological polar surface area (TPSA) is 184 Å². The highest BCUT2D eigenvalue weighted by Crippen LogP contribution is 2.46. The number of hydrogen-bond acceptors (Lipinski definition) is 8. The molecule has 0 aliphatic carbocycles. The molecule has 3 aliphatic heterocycles. The third kappa shape index (κ3) is 6.83. The van der Waals surface area contributed by atoms with Gasteiger partial charge in [0.1, 0.15) is 29.3 Å². The number of aromatic hydroxyl groups is 1. The van der Waals surface area contributed by atoms with Crippen molar-refractivity contribution in [1.82, 2.24) is 34.3 Å². The summed E-state index contributed by atoms with van der Waals surface area (Å²) in [6.45, 7) is 8.33. The van der Waals surface area contributed by atoms with Gasteiger partial charge in [0.05, 0.1) is 65.7 Å². The Morgan fingerprint density at radius 1 is 0.847 bits per heavy atom. The number of likely N-dealkylation sites (tertiary alicyclic amines) is 2. The number of ether oxygens (including phenoxy) is 1. The maximum absolute atomic E-state index is 14.8. The molecule has 3 aromatic heterocycles. The molecule has 6 heterocycles. The number of nitrogens with one attached hydrogen (secondary N) is 2. The maximum Gasteiger partial charge on any atom is 0.240 e. The molecule has 0 radical (unpaired) electrons. The largest absolute Gasteiger partial charge is 0.508 e. The molecule has 14 heteroatoms. The van der Waals surface area contributed by atoms with Crippen LogP contribution in [-0.2, 0) is 9.59 Å². The molecule has 2 amide bonds. The van der Waals surface area contributed by atoms with Crippen LogP contribution in [0.15, 0.2) is 79.1 Å². The van der Waals surface area contributed by atoms with Crippen LogP contribution in [0.5, 0.6) is 11.5 Å². The normalized spacial score (nSPS) is 21.2. The lowest BCUT2D eigenvalue weighted by molar-refractivity contribution is -0.135. The summed E-state index contributed by atoms with van der Waals surface area (Å²) < 4.78 is 23.7. The number of benzene rings is 3. The van der Waals surface area contributed by atoms with Crippen molar-refractivity contribution in [3.05, 3.63) is 96.3 Å². The van der Waals surface area contributed by atoms with Crippen LogP contribution in [0.4, 0.5) is 4.39 Å². The second-order valence-electron chi connectivity index (χ2n) is 16.9. The third-order valence-corrected chi connectivity index (χ3v) is 12.2. The first-order valence-corrected chi connectivity index (χ1v) is 20.5. The zero-order valence-electron chi connectivity index (χ0n) is 33.6. The quantitative estimate of drug-likeness (QED) is 0.104. The number of nitrogens with zero attached hydrogens (tertiary/aromatic N) is 5. The minimum Gasteiger partial charge on any atom is -0.508 e. The average Bonchev–Trinajstić information content (AvgIpc) is 4.08. The smallest absolute Gasteiger partial charge is 0.240 e. The van der Waals surface area contributed by atoms with Gasteiger partial charge >= 0.3 is 0 Å². The summed E-state index contributed by atoms with van der Waals surface area (Å²) >= 11 is 0. The van der Waals surface area contributed by atoms with Gasteiger partial charge in [-0.3, -0.25) is 9.59 Å². The van der Waals surface area contributed by atoms with Crippen molar-refractivity contribution in [2.45, 2.75) is 83.5 Å². The van der Waals surface area contributed by atoms with Crippen LogP contribution >= 0.6 is 0 Å². The molecule has 6 aromatic rings. The van der Waals surface area contributed by atoms with E-state index in [2.05, 4.69) is 31.7 Å². The summed E-state index contributed by atoms with van der Waals surface area (Å²) in [6.07, 6.45) is 3.61. The number of phenolic OH excluding ortho intramolecular Hbond substituents is 1. The Morgan fingerprint density at radius 3 is 2.20 bits per heavy atom. The first-order chi connectivity index (χ1) is 28.4. The van der Waals surface area contributed by atoms with Crippen molar-refractivity contribution in [1.29, 1.82) is 0 Å². The van der Waals surface area contributed by atoms with E-state index in [4.69, 9.17) is 21.2 Å². The molecule has 0 bridgehead atoms. The number of nitrogens with two attached hydrogens (primary N) is 2. The number of aromatic amines is 2. The number of carbonyl (C=O) groups excluding carboxylic acids is 2. The molecule has 0 saturated carbocycles. The molecule has 2 unspecified atom stereocenters. The number of imidazole rings is 2. The summed E-state index contributed by atoms with van der Waals surface area (Å²) in [4.78, 5) is 46.1. The number of alkyl halides is 1. The van der Waals surface area contributed by atoms with E-state index < -0.39 is 30.5 Å². The fourth-order valence-electron chi connectivity index (χ4n) is 8.79. The predicted molar refractivity (Wildman–Crippen MR) is 223 cm³/mol. The molecule has 13 nitrogen and oxygen atoms in total. The molecule has 306 valence electrons. The van der Waals surface area contributed by atoms with Gasteiger partial charge in [-0.25, -0.2) is 14.4 Å². The van der Waals surface area contributed by atoms with Gasteiger partial charge in [-0.1, -0.05) is 52.0 Å².